The number of aromatic nitrogens is 4. The predicted octanol–water partition coefficient (Wildman–Crippen LogP) is 20.2. The quantitative estimate of drug-likeness (QED) is 0.161. The van der Waals surface area contributed by atoms with E-state index < -0.39 is 0 Å². The third kappa shape index (κ3) is 6.13. The Morgan fingerprint density at radius 2 is 0.663 bits per heavy atom. The molecule has 382 valence electrons. The number of benzene rings is 13. The van der Waals surface area contributed by atoms with E-state index in [9.17, 15) is 10.5 Å². The molecule has 0 saturated heterocycles. The van der Waals surface area contributed by atoms with Gasteiger partial charge in [0.25, 0.3) is 0 Å². The normalized spacial score (nSPS) is 12.1. The summed E-state index contributed by atoms with van der Waals surface area (Å²) in [6.45, 7) is 0. The molecule has 0 amide bonds. The molecule has 5 heterocycles. The lowest BCUT2D eigenvalue weighted by molar-refractivity contribution is 1.02. The van der Waals surface area contributed by atoms with E-state index in [1.54, 1.807) is 0 Å². The van der Waals surface area contributed by atoms with Crippen LogP contribution in [-0.4, -0.2) is 18.3 Å². The molecule has 18 rings (SSSR count). The summed E-state index contributed by atoms with van der Waals surface area (Å²) in [5, 5.41) is 41.3. The van der Waals surface area contributed by atoms with Crippen molar-refractivity contribution in [3.05, 3.63) is 266 Å². The highest BCUT2D eigenvalue weighted by Gasteiger charge is 2.35. The first kappa shape index (κ1) is 45.6. The van der Waals surface area contributed by atoms with Gasteiger partial charge in [-0.15, -0.1) is 11.3 Å². The number of nitrogens with zero attached hydrogens (tertiary/aromatic N) is 6. The minimum Gasteiger partial charge on any atom is -0.306 e. The van der Waals surface area contributed by atoms with Gasteiger partial charge in [-0.2, -0.15) is 10.5 Å². The van der Waals surface area contributed by atoms with Gasteiger partial charge < -0.3 is 18.3 Å². The minimum absolute atomic E-state index is 0.421. The minimum atomic E-state index is 0.421. The van der Waals surface area contributed by atoms with Crippen LogP contribution in [0, 0.1) is 22.7 Å². The maximum absolute atomic E-state index is 12.9. The molecule has 0 atom stereocenters. The van der Waals surface area contributed by atoms with Crippen molar-refractivity contribution < 1.29 is 0 Å². The second-order valence-electron chi connectivity index (χ2n) is 21.7. The van der Waals surface area contributed by atoms with E-state index >= 15 is 0 Å². The summed E-state index contributed by atoms with van der Waals surface area (Å²) >= 11 is 1.81. The summed E-state index contributed by atoms with van der Waals surface area (Å²) in [5.41, 5.74) is 12.9. The summed E-state index contributed by atoms with van der Waals surface area (Å²) in [6, 6.07) is 96.6. The van der Waals surface area contributed by atoms with Gasteiger partial charge in [-0.05, 0) is 93.3 Å². The van der Waals surface area contributed by atoms with Crippen molar-refractivity contribution in [2.75, 3.05) is 0 Å². The van der Waals surface area contributed by atoms with E-state index in [0.29, 0.717) is 33.9 Å². The maximum Gasteiger partial charge on any atom is 0.104 e. The van der Waals surface area contributed by atoms with Crippen LogP contribution in [0.3, 0.4) is 0 Å². The molecule has 0 aliphatic carbocycles. The van der Waals surface area contributed by atoms with Gasteiger partial charge in [0.1, 0.15) is 23.3 Å². The van der Waals surface area contributed by atoms with E-state index in [-0.39, 0.29) is 0 Å². The first-order chi connectivity index (χ1) is 41.2. The highest BCUT2D eigenvalue weighted by Crippen LogP contribution is 2.51. The van der Waals surface area contributed by atoms with Crippen molar-refractivity contribution in [1.29, 1.82) is 10.5 Å². The molecule has 18 aromatic rings. The number of hydrogen-bond donors (Lipinski definition) is 0. The molecule has 0 fully saturated rings. The van der Waals surface area contributed by atoms with Gasteiger partial charge >= 0.3 is 0 Å². The third-order valence-electron chi connectivity index (χ3n) is 17.6. The number of thiophene rings is 1. The van der Waals surface area contributed by atoms with E-state index in [2.05, 4.69) is 285 Å². The van der Waals surface area contributed by atoms with E-state index in [0.717, 1.165) is 103 Å². The monoisotopic (exact) mass is 1070 g/mol. The summed E-state index contributed by atoms with van der Waals surface area (Å²) in [4.78, 5) is 0. The van der Waals surface area contributed by atoms with Crippen LogP contribution in [0.15, 0.2) is 255 Å². The first-order valence-corrected chi connectivity index (χ1v) is 28.8. The fourth-order valence-electron chi connectivity index (χ4n) is 14.3. The molecule has 7 heteroatoms. The molecule has 0 saturated carbocycles. The number of nitriles is 2. The molecule has 0 unspecified atom stereocenters. The standard InChI is InChI=1S/C76H42N6S/c77-43-60-72(79-62-29-10-3-20-51(62)52-21-4-11-30-63(52)79)73(80-64-31-12-5-22-53(64)54-23-6-13-32-65(54)80)61(44-78)75(74(60)81-66-33-14-7-24-55(66)56-25-8-15-34-67(56)81)82-68-40-37-46(48-27-17-28-49-47-19-2-1-18-45(47)36-38-50(48)49)42-59(68)71-69(82)41-39-58-57-26-9-16-35-70(57)83-76(58)71/h1-42H. The van der Waals surface area contributed by atoms with Crippen LogP contribution in [0.2, 0.25) is 0 Å². The topological polar surface area (TPSA) is 67.3 Å². The Morgan fingerprint density at radius 3 is 1.16 bits per heavy atom. The number of para-hydroxylation sites is 6. The van der Waals surface area contributed by atoms with Crippen molar-refractivity contribution in [2.45, 2.75) is 0 Å². The number of hydrogen-bond acceptors (Lipinski definition) is 3. The molecule has 6 nitrogen and oxygen atoms in total. The third-order valence-corrected chi connectivity index (χ3v) is 18.8. The molecule has 0 aliphatic heterocycles. The Morgan fingerprint density at radius 1 is 0.277 bits per heavy atom. The van der Waals surface area contributed by atoms with Crippen LogP contribution >= 0.6 is 11.3 Å². The lowest BCUT2D eigenvalue weighted by Crippen LogP contribution is -2.16. The second-order valence-corrected chi connectivity index (χ2v) is 22.7. The van der Waals surface area contributed by atoms with Crippen molar-refractivity contribution in [3.63, 3.8) is 0 Å². The molecular weight excluding hydrogens is 1030 g/mol. The molecular formula is C76H42N6S. The first-order valence-electron chi connectivity index (χ1n) is 28.0. The average Bonchev–Trinajstić information content (AvgIpc) is 2.02. The lowest BCUT2D eigenvalue weighted by Gasteiger charge is -2.27. The molecule has 0 spiro atoms. The molecule has 83 heavy (non-hydrogen) atoms. The highest BCUT2D eigenvalue weighted by atomic mass is 32.1. The molecule has 0 aliphatic rings. The van der Waals surface area contributed by atoms with Crippen LogP contribution in [0.5, 0.6) is 0 Å². The summed E-state index contributed by atoms with van der Waals surface area (Å²) < 4.78 is 11.5. The van der Waals surface area contributed by atoms with Gasteiger partial charge in [-0.3, -0.25) is 0 Å². The van der Waals surface area contributed by atoms with Crippen LogP contribution in [0.25, 0.3) is 163 Å². The Labute approximate surface area is 478 Å². The number of fused-ring (bicyclic) bond motifs is 19. The Bertz CT molecular complexity index is 5820. The SMILES string of the molecule is N#Cc1c(-n2c3ccccc3c3ccccc32)c(-n2c3ccccc3c3ccccc32)c(C#N)c(-n2c3ccc(-c4cccc5c4ccc4ccccc45)cc3c3c4sc5ccccc5c4ccc32)c1-n1c2ccccc2c2ccccc21. The second kappa shape index (κ2) is 17.1. The van der Waals surface area contributed by atoms with Gasteiger partial charge in [0.05, 0.1) is 66.9 Å². The van der Waals surface area contributed by atoms with Gasteiger partial charge in [-0.1, -0.05) is 194 Å². The van der Waals surface area contributed by atoms with Gasteiger partial charge in [0, 0.05) is 63.3 Å². The summed E-state index contributed by atoms with van der Waals surface area (Å²) in [7, 11) is 0. The van der Waals surface area contributed by atoms with Crippen molar-refractivity contribution in [1.82, 2.24) is 18.3 Å². The summed E-state index contributed by atoms with van der Waals surface area (Å²) in [6.07, 6.45) is 0. The van der Waals surface area contributed by atoms with E-state index in [1.807, 2.05) is 11.3 Å². The predicted molar refractivity (Wildman–Crippen MR) is 347 cm³/mol. The fourth-order valence-corrected chi connectivity index (χ4v) is 15.5. The molecule has 0 N–H and O–H groups in total. The molecule has 0 bridgehead atoms. The zero-order valence-corrected chi connectivity index (χ0v) is 45.2. The van der Waals surface area contributed by atoms with E-state index in [1.165, 1.54) is 37.0 Å². The van der Waals surface area contributed by atoms with Crippen LogP contribution in [0.1, 0.15) is 11.1 Å². The van der Waals surface area contributed by atoms with Gasteiger partial charge in [0.2, 0.25) is 0 Å². The number of rotatable bonds is 5. The Kier molecular flexibility index (Phi) is 9.42. The molecule has 0 radical (unpaired) electrons. The van der Waals surface area contributed by atoms with Crippen molar-refractivity contribution >= 4 is 140 Å². The zero-order chi connectivity index (χ0) is 54.6. The Balaban J connectivity index is 1.10. The largest absolute Gasteiger partial charge is 0.306 e. The Hall–Kier alpha value is -11.2. The maximum atomic E-state index is 12.9. The molecule has 5 aromatic heterocycles. The van der Waals surface area contributed by atoms with Crippen LogP contribution < -0.4 is 0 Å². The fraction of sp³-hybridized carbons (Fsp3) is 0. The van der Waals surface area contributed by atoms with Crippen molar-refractivity contribution in [2.24, 2.45) is 0 Å². The molecule has 13 aromatic carbocycles. The lowest BCUT2D eigenvalue weighted by atomic mass is 9.94. The van der Waals surface area contributed by atoms with Gasteiger partial charge in [0.15, 0.2) is 0 Å². The highest BCUT2D eigenvalue weighted by molar-refractivity contribution is 7.26. The average molecular weight is 1070 g/mol. The summed E-state index contributed by atoms with van der Waals surface area (Å²) in [5.74, 6) is 0. The van der Waals surface area contributed by atoms with Crippen LogP contribution in [-0.2, 0) is 0 Å². The smallest absolute Gasteiger partial charge is 0.104 e. The van der Waals surface area contributed by atoms with Crippen molar-refractivity contribution in [3.8, 4) is 46.0 Å². The zero-order valence-electron chi connectivity index (χ0n) is 44.3. The van der Waals surface area contributed by atoms with Gasteiger partial charge in [-0.25, -0.2) is 0 Å². The van der Waals surface area contributed by atoms with Crippen LogP contribution in [0.4, 0.5) is 0 Å². The van der Waals surface area contributed by atoms with E-state index in [4.69, 9.17) is 0 Å².